The lowest BCUT2D eigenvalue weighted by Crippen LogP contribution is -2.13. The molecule has 0 saturated carbocycles. The van der Waals surface area contributed by atoms with Gasteiger partial charge in [0.05, 0.1) is 28.5 Å². The quantitative estimate of drug-likeness (QED) is 0.194. The van der Waals surface area contributed by atoms with Crippen LogP contribution in [0.3, 0.4) is 0 Å². The lowest BCUT2D eigenvalue weighted by molar-refractivity contribution is -0.133. The molecule has 0 aliphatic heterocycles. The predicted molar refractivity (Wildman–Crippen MR) is 123 cm³/mol. The number of rotatable bonds is 10. The van der Waals surface area contributed by atoms with E-state index in [4.69, 9.17) is 16.3 Å². The minimum Gasteiger partial charge on any atom is -0.489 e. The van der Waals surface area contributed by atoms with E-state index in [0.29, 0.717) is 16.2 Å². The van der Waals surface area contributed by atoms with Crippen LogP contribution in [0.25, 0.3) is 10.9 Å². The second-order valence-corrected chi connectivity index (χ2v) is 7.39. The van der Waals surface area contributed by atoms with Gasteiger partial charge in [-0.25, -0.2) is 14.4 Å². The molecular weight excluding hydrogens is 529 g/mol. The fourth-order valence-corrected chi connectivity index (χ4v) is 3.10. The maximum Gasteiger partial charge on any atom is 0.345 e. The van der Waals surface area contributed by atoms with Crippen molar-refractivity contribution in [3.63, 3.8) is 0 Å². The van der Waals surface area contributed by atoms with E-state index in [1.165, 1.54) is 36.7 Å². The van der Waals surface area contributed by atoms with Crippen molar-refractivity contribution in [3.8, 4) is 5.75 Å². The van der Waals surface area contributed by atoms with Gasteiger partial charge in [-0.3, -0.25) is 4.79 Å². The van der Waals surface area contributed by atoms with Crippen LogP contribution in [-0.2, 0) is 9.53 Å². The van der Waals surface area contributed by atoms with Crippen LogP contribution in [-0.4, -0.2) is 41.0 Å². The standard InChI is InChI=1S/C21H17BrClF3N4O3/c22-6-2-5-18(31)29-16-9-12-15(10-17(16)32-7-8-33-21(25)26)27-11-28-20(12)30-14-4-1-3-13(23)19(14)24/h1-5,9-11,21H,6-8H2,(H,29,31)(H,27,28,30)/b5-2+. The van der Waals surface area contributed by atoms with Gasteiger partial charge < -0.3 is 20.1 Å². The highest BCUT2D eigenvalue weighted by Crippen LogP contribution is 2.34. The number of carbonyl (C=O) groups is 1. The fraction of sp³-hybridized carbons (Fsp3) is 0.190. The molecule has 7 nitrogen and oxygen atoms in total. The second-order valence-electron chi connectivity index (χ2n) is 6.34. The number of hydrogen-bond acceptors (Lipinski definition) is 6. The Morgan fingerprint density at radius 1 is 1.21 bits per heavy atom. The maximum absolute atomic E-state index is 14.4. The summed E-state index contributed by atoms with van der Waals surface area (Å²) < 4.78 is 48.5. The van der Waals surface area contributed by atoms with Gasteiger partial charge >= 0.3 is 6.61 Å². The Hall–Kier alpha value is -2.89. The monoisotopic (exact) mass is 544 g/mol. The van der Waals surface area contributed by atoms with Crippen molar-refractivity contribution >= 4 is 61.5 Å². The van der Waals surface area contributed by atoms with Gasteiger partial charge in [0.15, 0.2) is 5.82 Å². The van der Waals surface area contributed by atoms with Crippen LogP contribution in [0.5, 0.6) is 5.75 Å². The molecule has 0 bridgehead atoms. The number of aromatic nitrogens is 2. The summed E-state index contributed by atoms with van der Waals surface area (Å²) in [6.07, 6.45) is 4.16. The third-order valence-corrected chi connectivity index (χ3v) is 4.81. The van der Waals surface area contributed by atoms with Gasteiger partial charge in [0.25, 0.3) is 0 Å². The minimum atomic E-state index is -2.92. The lowest BCUT2D eigenvalue weighted by Gasteiger charge is -2.15. The highest BCUT2D eigenvalue weighted by Gasteiger charge is 2.15. The van der Waals surface area contributed by atoms with Crippen molar-refractivity contribution in [2.24, 2.45) is 0 Å². The summed E-state index contributed by atoms with van der Waals surface area (Å²) in [6, 6.07) is 7.51. The Morgan fingerprint density at radius 3 is 2.79 bits per heavy atom. The normalized spacial score (nSPS) is 11.3. The summed E-state index contributed by atoms with van der Waals surface area (Å²) in [5, 5.41) is 6.37. The molecule has 1 heterocycles. The van der Waals surface area contributed by atoms with E-state index in [1.807, 2.05) is 0 Å². The number of hydrogen-bond donors (Lipinski definition) is 2. The molecule has 0 saturated heterocycles. The molecule has 0 aliphatic carbocycles. The third kappa shape index (κ3) is 6.80. The molecule has 12 heteroatoms. The number of anilines is 3. The van der Waals surface area contributed by atoms with E-state index in [-0.39, 0.29) is 41.2 Å². The maximum atomic E-state index is 14.4. The number of benzene rings is 2. The first-order valence-electron chi connectivity index (χ1n) is 9.45. The summed E-state index contributed by atoms with van der Waals surface area (Å²) in [6.45, 7) is -3.48. The number of fused-ring (bicyclic) bond motifs is 1. The van der Waals surface area contributed by atoms with Crippen LogP contribution in [0.2, 0.25) is 5.02 Å². The van der Waals surface area contributed by atoms with Crippen LogP contribution < -0.4 is 15.4 Å². The second kappa shape index (κ2) is 11.8. The molecule has 174 valence electrons. The highest BCUT2D eigenvalue weighted by molar-refractivity contribution is 9.09. The van der Waals surface area contributed by atoms with Crippen molar-refractivity contribution in [2.75, 3.05) is 29.2 Å². The fourth-order valence-electron chi connectivity index (χ4n) is 2.74. The Bertz CT molecular complexity index is 1170. The lowest BCUT2D eigenvalue weighted by atomic mass is 10.1. The first kappa shape index (κ1) is 24.7. The highest BCUT2D eigenvalue weighted by atomic mass is 79.9. The molecule has 0 fully saturated rings. The zero-order chi connectivity index (χ0) is 23.8. The number of amides is 1. The molecule has 0 unspecified atom stereocenters. The molecule has 1 amide bonds. The molecule has 0 spiro atoms. The van der Waals surface area contributed by atoms with E-state index in [9.17, 15) is 18.0 Å². The molecule has 0 radical (unpaired) electrons. The Labute approximate surface area is 200 Å². The van der Waals surface area contributed by atoms with Gasteiger partial charge in [-0.1, -0.05) is 39.7 Å². The van der Waals surface area contributed by atoms with Crippen LogP contribution in [0, 0.1) is 5.82 Å². The number of carbonyl (C=O) groups excluding carboxylic acids is 1. The molecule has 2 aromatic carbocycles. The molecule has 3 rings (SSSR count). The first-order chi connectivity index (χ1) is 15.9. The predicted octanol–water partition coefficient (Wildman–Crippen LogP) is 5.67. The average Bonchev–Trinajstić information content (AvgIpc) is 2.78. The number of alkyl halides is 3. The number of nitrogens with zero attached hydrogens (tertiary/aromatic N) is 2. The smallest absolute Gasteiger partial charge is 0.345 e. The third-order valence-electron chi connectivity index (χ3n) is 4.14. The first-order valence-corrected chi connectivity index (χ1v) is 10.9. The van der Waals surface area contributed by atoms with Crippen LogP contribution in [0.1, 0.15) is 0 Å². The van der Waals surface area contributed by atoms with Gasteiger partial charge in [0.2, 0.25) is 5.91 Å². The Balaban J connectivity index is 1.97. The van der Waals surface area contributed by atoms with Crippen molar-refractivity contribution < 1.29 is 27.4 Å². The Kier molecular flexibility index (Phi) is 8.87. The summed E-state index contributed by atoms with van der Waals surface area (Å²) in [7, 11) is 0. The average molecular weight is 546 g/mol. The van der Waals surface area contributed by atoms with E-state index in [1.54, 1.807) is 12.1 Å². The number of ether oxygens (including phenoxy) is 2. The van der Waals surface area contributed by atoms with E-state index in [0.717, 1.165) is 0 Å². The molecule has 3 aromatic rings. The molecular formula is C21H17BrClF3N4O3. The molecule has 0 atom stereocenters. The zero-order valence-corrected chi connectivity index (χ0v) is 19.2. The number of halogens is 5. The summed E-state index contributed by atoms with van der Waals surface area (Å²) in [4.78, 5) is 20.6. The molecule has 33 heavy (non-hydrogen) atoms. The van der Waals surface area contributed by atoms with E-state index in [2.05, 4.69) is 41.3 Å². The van der Waals surface area contributed by atoms with Crippen molar-refractivity contribution in [2.45, 2.75) is 6.61 Å². The van der Waals surface area contributed by atoms with E-state index < -0.39 is 18.3 Å². The van der Waals surface area contributed by atoms with Gasteiger partial charge in [-0.05, 0) is 18.2 Å². The summed E-state index contributed by atoms with van der Waals surface area (Å²) >= 11 is 9.03. The van der Waals surface area contributed by atoms with Crippen LogP contribution >= 0.6 is 27.5 Å². The number of nitrogens with one attached hydrogen (secondary N) is 2. The van der Waals surface area contributed by atoms with Crippen molar-refractivity contribution in [3.05, 3.63) is 59.7 Å². The minimum absolute atomic E-state index is 0.0633. The zero-order valence-electron chi connectivity index (χ0n) is 16.8. The van der Waals surface area contributed by atoms with Crippen molar-refractivity contribution in [1.29, 1.82) is 0 Å². The SMILES string of the molecule is O=C(/C=C/CBr)Nc1cc2c(Nc3cccc(Cl)c3F)ncnc2cc1OCCOC(F)F. The van der Waals surface area contributed by atoms with Gasteiger partial charge in [-0.2, -0.15) is 8.78 Å². The van der Waals surface area contributed by atoms with Crippen LogP contribution in [0.4, 0.5) is 30.4 Å². The molecule has 2 N–H and O–H groups in total. The van der Waals surface area contributed by atoms with Gasteiger partial charge in [-0.15, -0.1) is 0 Å². The molecule has 1 aromatic heterocycles. The van der Waals surface area contributed by atoms with Crippen molar-refractivity contribution in [1.82, 2.24) is 9.97 Å². The summed E-state index contributed by atoms with van der Waals surface area (Å²) in [5.41, 5.74) is 0.722. The van der Waals surface area contributed by atoms with Gasteiger partial charge in [0.1, 0.15) is 24.5 Å². The topological polar surface area (TPSA) is 85.4 Å². The summed E-state index contributed by atoms with van der Waals surface area (Å²) in [5.74, 6) is -0.673. The number of allylic oxidation sites excluding steroid dienone is 1. The van der Waals surface area contributed by atoms with Gasteiger partial charge in [0, 0.05) is 22.9 Å². The largest absolute Gasteiger partial charge is 0.489 e. The van der Waals surface area contributed by atoms with E-state index >= 15 is 0 Å². The van der Waals surface area contributed by atoms with Crippen LogP contribution in [0.15, 0.2) is 48.8 Å². The molecule has 0 aliphatic rings. The Morgan fingerprint density at radius 2 is 2.03 bits per heavy atom.